The Kier molecular flexibility index (Phi) is 3.24. The van der Waals surface area contributed by atoms with Crippen molar-refractivity contribution in [1.82, 2.24) is 4.98 Å². The first-order chi connectivity index (χ1) is 9.65. The third-order valence-electron chi connectivity index (χ3n) is 2.90. The van der Waals surface area contributed by atoms with Gasteiger partial charge in [-0.15, -0.1) is 0 Å². The fourth-order valence-electron chi connectivity index (χ4n) is 1.95. The van der Waals surface area contributed by atoms with E-state index in [0.717, 1.165) is 0 Å². The Morgan fingerprint density at radius 2 is 2.00 bits per heavy atom. The summed E-state index contributed by atoms with van der Waals surface area (Å²) in [7, 11) is 0. The Morgan fingerprint density at radius 1 is 1.20 bits per heavy atom. The van der Waals surface area contributed by atoms with Crippen LogP contribution in [0.5, 0.6) is 0 Å². The van der Waals surface area contributed by atoms with Gasteiger partial charge < -0.3 is 4.42 Å². The molecule has 0 bridgehead atoms. The zero-order valence-electron chi connectivity index (χ0n) is 10.3. The molecule has 1 aromatic heterocycles. The van der Waals surface area contributed by atoms with Crippen molar-refractivity contribution in [1.29, 1.82) is 0 Å². The molecule has 3 nitrogen and oxygen atoms in total. The smallest absolute Gasteiger partial charge is 0.203 e. The summed E-state index contributed by atoms with van der Waals surface area (Å²) in [6, 6.07) is 11.4. The van der Waals surface area contributed by atoms with Crippen molar-refractivity contribution in [2.75, 3.05) is 0 Å². The van der Waals surface area contributed by atoms with E-state index in [2.05, 4.69) is 4.98 Å². The molecule has 0 unspecified atom stereocenters. The molecule has 0 radical (unpaired) electrons. The highest BCUT2D eigenvalue weighted by atomic mass is 35.5. The summed E-state index contributed by atoms with van der Waals surface area (Å²) in [4.78, 5) is 16.3. The minimum absolute atomic E-state index is 0.0577. The molecule has 2 aromatic carbocycles. The number of rotatable bonds is 3. The number of oxazole rings is 1. The van der Waals surface area contributed by atoms with Gasteiger partial charge in [0.05, 0.1) is 11.4 Å². The Morgan fingerprint density at radius 3 is 2.80 bits per heavy atom. The highest BCUT2D eigenvalue weighted by Crippen LogP contribution is 2.22. The number of nitrogens with zero attached hydrogens (tertiary/aromatic N) is 1. The second kappa shape index (κ2) is 5.06. The monoisotopic (exact) mass is 289 g/mol. The summed E-state index contributed by atoms with van der Waals surface area (Å²) in [5.74, 6) is -0.660. The Hall–Kier alpha value is -2.20. The average Bonchev–Trinajstić information content (AvgIpc) is 2.83. The number of hydrogen-bond donors (Lipinski definition) is 0. The van der Waals surface area contributed by atoms with Crippen LogP contribution in [0, 0.1) is 5.82 Å². The van der Waals surface area contributed by atoms with Crippen molar-refractivity contribution in [3.05, 3.63) is 64.8 Å². The van der Waals surface area contributed by atoms with Crippen LogP contribution in [-0.4, -0.2) is 10.8 Å². The standard InChI is InChI=1S/C15H9ClFNO2/c16-15-9(4-3-5-10(15)17)12(19)8-14-18-11-6-1-2-7-13(11)20-14/h1-7H,8H2. The van der Waals surface area contributed by atoms with Gasteiger partial charge >= 0.3 is 0 Å². The van der Waals surface area contributed by atoms with Gasteiger partial charge in [0.1, 0.15) is 11.3 Å². The van der Waals surface area contributed by atoms with E-state index in [-0.39, 0.29) is 28.7 Å². The Balaban J connectivity index is 1.90. The van der Waals surface area contributed by atoms with Gasteiger partial charge in [-0.1, -0.05) is 29.8 Å². The number of para-hydroxylation sites is 2. The number of benzene rings is 2. The minimum atomic E-state index is -0.616. The number of carbonyl (C=O) groups is 1. The molecule has 0 saturated heterocycles. The predicted octanol–water partition coefficient (Wildman–Crippen LogP) is 4.05. The van der Waals surface area contributed by atoms with Crippen LogP contribution in [0.3, 0.4) is 0 Å². The SMILES string of the molecule is O=C(Cc1nc2ccccc2o1)c1cccc(F)c1Cl. The van der Waals surface area contributed by atoms with Crippen LogP contribution in [0.15, 0.2) is 46.9 Å². The zero-order chi connectivity index (χ0) is 14.1. The topological polar surface area (TPSA) is 43.1 Å². The van der Waals surface area contributed by atoms with Crippen molar-refractivity contribution in [3.63, 3.8) is 0 Å². The van der Waals surface area contributed by atoms with Gasteiger partial charge in [-0.05, 0) is 24.3 Å². The van der Waals surface area contributed by atoms with Crippen LogP contribution in [0.1, 0.15) is 16.2 Å². The van der Waals surface area contributed by atoms with E-state index in [0.29, 0.717) is 11.1 Å². The predicted molar refractivity (Wildman–Crippen MR) is 73.5 cm³/mol. The number of aromatic nitrogens is 1. The van der Waals surface area contributed by atoms with Crippen LogP contribution in [0.25, 0.3) is 11.1 Å². The molecule has 0 atom stereocenters. The molecule has 3 rings (SSSR count). The maximum atomic E-state index is 13.3. The summed E-state index contributed by atoms with van der Waals surface area (Å²) in [6.45, 7) is 0. The van der Waals surface area contributed by atoms with E-state index in [1.165, 1.54) is 18.2 Å². The largest absolute Gasteiger partial charge is 0.440 e. The normalized spacial score (nSPS) is 10.9. The number of halogens is 2. The Labute approximate surface area is 119 Å². The van der Waals surface area contributed by atoms with Crippen molar-refractivity contribution in [3.8, 4) is 0 Å². The van der Waals surface area contributed by atoms with Gasteiger partial charge in [0.25, 0.3) is 0 Å². The molecule has 0 N–H and O–H groups in total. The first-order valence-corrected chi connectivity index (χ1v) is 6.34. The number of hydrogen-bond acceptors (Lipinski definition) is 3. The first kappa shape index (κ1) is 12.8. The number of fused-ring (bicyclic) bond motifs is 1. The minimum Gasteiger partial charge on any atom is -0.440 e. The number of ketones is 1. The summed E-state index contributed by atoms with van der Waals surface area (Å²) in [5, 5.41) is -0.173. The van der Waals surface area contributed by atoms with Gasteiger partial charge in [-0.25, -0.2) is 9.37 Å². The molecule has 5 heteroatoms. The molecular formula is C15H9ClFNO2. The van der Waals surface area contributed by atoms with E-state index in [9.17, 15) is 9.18 Å². The highest BCUT2D eigenvalue weighted by molar-refractivity contribution is 6.34. The highest BCUT2D eigenvalue weighted by Gasteiger charge is 2.16. The van der Waals surface area contributed by atoms with E-state index in [1.807, 2.05) is 12.1 Å². The van der Waals surface area contributed by atoms with Gasteiger partial charge in [-0.3, -0.25) is 4.79 Å². The molecule has 0 fully saturated rings. The summed E-state index contributed by atoms with van der Waals surface area (Å²) < 4.78 is 18.8. The van der Waals surface area contributed by atoms with Gasteiger partial charge in [-0.2, -0.15) is 0 Å². The molecule has 0 aliphatic rings. The van der Waals surface area contributed by atoms with Gasteiger partial charge in [0.2, 0.25) is 5.89 Å². The van der Waals surface area contributed by atoms with Crippen molar-refractivity contribution < 1.29 is 13.6 Å². The first-order valence-electron chi connectivity index (χ1n) is 5.97. The maximum absolute atomic E-state index is 13.3. The third-order valence-corrected chi connectivity index (χ3v) is 3.29. The van der Waals surface area contributed by atoms with E-state index in [1.54, 1.807) is 12.1 Å². The summed E-state index contributed by atoms with van der Waals surface area (Å²) >= 11 is 5.79. The Bertz CT molecular complexity index is 764. The lowest BCUT2D eigenvalue weighted by Crippen LogP contribution is -2.05. The summed E-state index contributed by atoms with van der Waals surface area (Å²) in [6.07, 6.45) is -0.0577. The lowest BCUT2D eigenvalue weighted by atomic mass is 10.1. The molecule has 20 heavy (non-hydrogen) atoms. The second-order valence-electron chi connectivity index (χ2n) is 4.28. The van der Waals surface area contributed by atoms with Crippen LogP contribution >= 0.6 is 11.6 Å². The average molecular weight is 290 g/mol. The second-order valence-corrected chi connectivity index (χ2v) is 4.65. The van der Waals surface area contributed by atoms with E-state index >= 15 is 0 Å². The molecule has 1 heterocycles. The molecule has 0 spiro atoms. The van der Waals surface area contributed by atoms with Gasteiger partial charge in [0.15, 0.2) is 11.4 Å². The van der Waals surface area contributed by atoms with Crippen LogP contribution in [0.2, 0.25) is 5.02 Å². The van der Waals surface area contributed by atoms with Crippen LogP contribution in [0.4, 0.5) is 4.39 Å². The fourth-order valence-corrected chi connectivity index (χ4v) is 2.18. The molecule has 0 aliphatic heterocycles. The summed E-state index contributed by atoms with van der Waals surface area (Å²) in [5.41, 5.74) is 1.43. The van der Waals surface area contributed by atoms with E-state index in [4.69, 9.17) is 16.0 Å². The van der Waals surface area contributed by atoms with Gasteiger partial charge in [0, 0.05) is 5.56 Å². The molecule has 3 aromatic rings. The number of Topliss-reactive ketones (excluding diaryl/α,β-unsaturated/α-hetero) is 1. The third kappa shape index (κ3) is 2.30. The maximum Gasteiger partial charge on any atom is 0.203 e. The van der Waals surface area contributed by atoms with Crippen molar-refractivity contribution in [2.24, 2.45) is 0 Å². The molecule has 0 amide bonds. The van der Waals surface area contributed by atoms with Crippen molar-refractivity contribution in [2.45, 2.75) is 6.42 Å². The molecular weight excluding hydrogens is 281 g/mol. The molecule has 100 valence electrons. The lowest BCUT2D eigenvalue weighted by Gasteiger charge is -2.02. The quantitative estimate of drug-likeness (QED) is 0.683. The van der Waals surface area contributed by atoms with Crippen molar-refractivity contribution >= 4 is 28.5 Å². The van der Waals surface area contributed by atoms with Crippen LogP contribution in [-0.2, 0) is 6.42 Å². The fraction of sp³-hybridized carbons (Fsp3) is 0.0667. The number of carbonyl (C=O) groups excluding carboxylic acids is 1. The van der Waals surface area contributed by atoms with E-state index < -0.39 is 5.82 Å². The lowest BCUT2D eigenvalue weighted by molar-refractivity contribution is 0.0986. The molecule has 0 saturated carbocycles. The molecule has 0 aliphatic carbocycles. The zero-order valence-corrected chi connectivity index (χ0v) is 11.0. The van der Waals surface area contributed by atoms with Crippen LogP contribution < -0.4 is 0 Å².